The number of nitrogens with one attached hydrogen (secondary N) is 1. The maximum atomic E-state index is 12.7. The lowest BCUT2D eigenvalue weighted by molar-refractivity contribution is 0.0682. The van der Waals surface area contributed by atoms with Crippen molar-refractivity contribution in [3.63, 3.8) is 0 Å². The van der Waals surface area contributed by atoms with Gasteiger partial charge in [-0.3, -0.25) is 4.79 Å². The van der Waals surface area contributed by atoms with Gasteiger partial charge in [-0.05, 0) is 77.1 Å². The number of Topliss-reactive ketones (excluding diaryl/α,β-unsaturated/α-hetero) is 1. The summed E-state index contributed by atoms with van der Waals surface area (Å²) in [5, 5.41) is 3.14. The van der Waals surface area contributed by atoms with Gasteiger partial charge in [-0.15, -0.1) is 0 Å². The standard InChI is InChI=1S/C28H29NO5/c1-18-6-10-20(11-7-18)26(31)33-24-15-14-22(23(30)17-29-28(3,4)5)16-25(24)34-27(32)21-12-8-19(2)9-13-21/h6-16,29H,17H2,1-5H3. The van der Waals surface area contributed by atoms with Crippen LogP contribution >= 0.6 is 0 Å². The molecule has 0 fully saturated rings. The smallest absolute Gasteiger partial charge is 0.343 e. The van der Waals surface area contributed by atoms with E-state index >= 15 is 0 Å². The molecule has 0 aliphatic carbocycles. The number of ketones is 1. The zero-order valence-corrected chi connectivity index (χ0v) is 20.1. The van der Waals surface area contributed by atoms with Gasteiger partial charge in [0.05, 0.1) is 17.7 Å². The van der Waals surface area contributed by atoms with Gasteiger partial charge >= 0.3 is 11.9 Å². The lowest BCUT2D eigenvalue weighted by Crippen LogP contribution is -2.39. The van der Waals surface area contributed by atoms with E-state index in [0.717, 1.165) is 11.1 Å². The molecule has 3 aromatic carbocycles. The summed E-state index contributed by atoms with van der Waals surface area (Å²) in [6.07, 6.45) is 0. The molecule has 0 atom stereocenters. The molecule has 3 aromatic rings. The van der Waals surface area contributed by atoms with Gasteiger partial charge in [0, 0.05) is 11.1 Å². The van der Waals surface area contributed by atoms with Crippen LogP contribution in [0.1, 0.15) is 63.0 Å². The minimum absolute atomic E-state index is 0.00681. The molecule has 0 aliphatic rings. The van der Waals surface area contributed by atoms with Gasteiger partial charge in [0.1, 0.15) is 0 Å². The quantitative estimate of drug-likeness (QED) is 0.293. The second kappa shape index (κ2) is 10.4. The van der Waals surface area contributed by atoms with E-state index in [1.54, 1.807) is 54.6 Å². The first kappa shape index (κ1) is 24.9. The molecule has 0 saturated carbocycles. The van der Waals surface area contributed by atoms with Gasteiger partial charge in [0.15, 0.2) is 17.3 Å². The van der Waals surface area contributed by atoms with Crippen molar-refractivity contribution in [1.82, 2.24) is 5.32 Å². The molecule has 3 rings (SSSR count). The number of benzene rings is 3. The first-order valence-corrected chi connectivity index (χ1v) is 11.0. The van der Waals surface area contributed by atoms with Crippen molar-refractivity contribution in [2.45, 2.75) is 40.2 Å². The molecule has 6 heteroatoms. The van der Waals surface area contributed by atoms with Crippen LogP contribution in [-0.2, 0) is 0 Å². The highest BCUT2D eigenvalue weighted by molar-refractivity contribution is 5.99. The molecule has 0 aliphatic heterocycles. The van der Waals surface area contributed by atoms with Gasteiger partial charge in [0.25, 0.3) is 0 Å². The largest absolute Gasteiger partial charge is 0.419 e. The molecule has 0 aromatic heterocycles. The Hall–Kier alpha value is -3.77. The van der Waals surface area contributed by atoms with E-state index in [1.165, 1.54) is 12.1 Å². The van der Waals surface area contributed by atoms with Crippen molar-refractivity contribution in [2.24, 2.45) is 0 Å². The van der Waals surface area contributed by atoms with Gasteiger partial charge in [0.2, 0.25) is 0 Å². The Labute approximate surface area is 199 Å². The summed E-state index contributed by atoms with van der Waals surface area (Å²) >= 11 is 0. The van der Waals surface area contributed by atoms with Crippen LogP contribution in [0, 0.1) is 13.8 Å². The maximum Gasteiger partial charge on any atom is 0.343 e. The van der Waals surface area contributed by atoms with Crippen LogP contribution in [0.15, 0.2) is 66.7 Å². The second-order valence-electron chi connectivity index (χ2n) is 9.20. The summed E-state index contributed by atoms with van der Waals surface area (Å²) in [5.74, 6) is -1.36. The number of hydrogen-bond acceptors (Lipinski definition) is 6. The van der Waals surface area contributed by atoms with Crippen molar-refractivity contribution in [3.05, 3.63) is 94.5 Å². The van der Waals surface area contributed by atoms with Crippen LogP contribution in [0.2, 0.25) is 0 Å². The number of ether oxygens (including phenoxy) is 2. The number of esters is 2. The Bertz CT molecular complexity index is 1190. The van der Waals surface area contributed by atoms with Crippen LogP contribution in [0.25, 0.3) is 0 Å². The second-order valence-corrected chi connectivity index (χ2v) is 9.20. The monoisotopic (exact) mass is 459 g/mol. The molecule has 176 valence electrons. The van der Waals surface area contributed by atoms with Crippen molar-refractivity contribution < 1.29 is 23.9 Å². The fourth-order valence-corrected chi connectivity index (χ4v) is 2.99. The van der Waals surface area contributed by atoms with Gasteiger partial charge < -0.3 is 14.8 Å². The minimum atomic E-state index is -0.620. The van der Waals surface area contributed by atoms with E-state index < -0.39 is 11.9 Å². The van der Waals surface area contributed by atoms with E-state index in [2.05, 4.69) is 5.32 Å². The number of carbonyl (C=O) groups is 3. The fraction of sp³-hybridized carbons (Fsp3) is 0.250. The Morgan fingerprint density at radius 3 is 1.59 bits per heavy atom. The molecule has 0 saturated heterocycles. The highest BCUT2D eigenvalue weighted by Crippen LogP contribution is 2.30. The first-order chi connectivity index (χ1) is 16.0. The van der Waals surface area contributed by atoms with Crippen molar-refractivity contribution in [3.8, 4) is 11.5 Å². The molecule has 0 unspecified atom stereocenters. The maximum absolute atomic E-state index is 12.7. The van der Waals surface area contributed by atoms with Crippen molar-refractivity contribution in [1.29, 1.82) is 0 Å². The molecule has 6 nitrogen and oxygen atoms in total. The molecule has 1 N–H and O–H groups in total. The Kier molecular flexibility index (Phi) is 7.64. The summed E-state index contributed by atoms with van der Waals surface area (Å²) in [4.78, 5) is 38.1. The number of hydrogen-bond donors (Lipinski definition) is 1. The molecular formula is C28H29NO5. The average Bonchev–Trinajstić information content (AvgIpc) is 2.79. The topological polar surface area (TPSA) is 81.7 Å². The number of aryl methyl sites for hydroxylation is 2. The third-order valence-corrected chi connectivity index (χ3v) is 5.02. The average molecular weight is 460 g/mol. The van der Waals surface area contributed by atoms with E-state index in [0.29, 0.717) is 16.7 Å². The van der Waals surface area contributed by atoms with Gasteiger partial charge in [-0.1, -0.05) is 35.4 Å². The molecule has 0 heterocycles. The third kappa shape index (κ3) is 6.86. The minimum Gasteiger partial charge on any atom is -0.419 e. The normalized spacial score (nSPS) is 11.1. The Morgan fingerprint density at radius 1 is 0.676 bits per heavy atom. The lowest BCUT2D eigenvalue weighted by Gasteiger charge is -2.20. The lowest BCUT2D eigenvalue weighted by atomic mass is 10.1. The Balaban J connectivity index is 1.89. The van der Waals surface area contributed by atoms with E-state index in [1.807, 2.05) is 34.6 Å². The Morgan fingerprint density at radius 2 is 1.12 bits per heavy atom. The van der Waals surface area contributed by atoms with Gasteiger partial charge in [-0.2, -0.15) is 0 Å². The predicted molar refractivity (Wildman–Crippen MR) is 131 cm³/mol. The fourth-order valence-electron chi connectivity index (χ4n) is 2.99. The zero-order chi connectivity index (χ0) is 24.9. The molecule has 0 amide bonds. The van der Waals surface area contributed by atoms with Crippen LogP contribution < -0.4 is 14.8 Å². The molecule has 0 radical (unpaired) electrons. The molecule has 0 spiro atoms. The van der Waals surface area contributed by atoms with Crippen LogP contribution in [-0.4, -0.2) is 29.8 Å². The third-order valence-electron chi connectivity index (χ3n) is 5.02. The van der Waals surface area contributed by atoms with E-state index in [9.17, 15) is 14.4 Å². The van der Waals surface area contributed by atoms with Crippen molar-refractivity contribution >= 4 is 17.7 Å². The van der Waals surface area contributed by atoms with Crippen LogP contribution in [0.4, 0.5) is 0 Å². The molecular weight excluding hydrogens is 430 g/mol. The summed E-state index contributed by atoms with van der Waals surface area (Å²) in [6.45, 7) is 9.83. The SMILES string of the molecule is Cc1ccc(C(=O)Oc2ccc(C(=O)CNC(C)(C)C)cc2OC(=O)c2ccc(C)cc2)cc1. The highest BCUT2D eigenvalue weighted by Gasteiger charge is 2.20. The van der Waals surface area contributed by atoms with Crippen LogP contribution in [0.3, 0.4) is 0 Å². The van der Waals surface area contributed by atoms with E-state index in [-0.39, 0.29) is 29.4 Å². The summed E-state index contributed by atoms with van der Waals surface area (Å²) in [6, 6.07) is 18.3. The highest BCUT2D eigenvalue weighted by atomic mass is 16.6. The van der Waals surface area contributed by atoms with Crippen LogP contribution in [0.5, 0.6) is 11.5 Å². The van der Waals surface area contributed by atoms with E-state index in [4.69, 9.17) is 9.47 Å². The predicted octanol–water partition coefficient (Wildman–Crippen LogP) is 5.31. The van der Waals surface area contributed by atoms with Crippen molar-refractivity contribution in [2.75, 3.05) is 6.54 Å². The first-order valence-electron chi connectivity index (χ1n) is 11.0. The summed E-state index contributed by atoms with van der Waals surface area (Å²) < 4.78 is 11.1. The summed E-state index contributed by atoms with van der Waals surface area (Å²) in [5.41, 5.74) is 2.81. The molecule has 34 heavy (non-hydrogen) atoms. The molecule has 0 bridgehead atoms. The zero-order valence-electron chi connectivity index (χ0n) is 20.1. The number of carbonyl (C=O) groups excluding carboxylic acids is 3. The van der Waals surface area contributed by atoms with Gasteiger partial charge in [-0.25, -0.2) is 9.59 Å². The summed E-state index contributed by atoms with van der Waals surface area (Å²) in [7, 11) is 0. The number of rotatable bonds is 7.